The summed E-state index contributed by atoms with van der Waals surface area (Å²) in [5, 5.41) is 3.79. The molecule has 3 heterocycles. The van der Waals surface area contributed by atoms with Crippen LogP contribution in [0.2, 0.25) is 0 Å². The number of fused-ring (bicyclic) bond motifs is 1. The number of rotatable bonds is 5. The van der Waals surface area contributed by atoms with E-state index in [2.05, 4.69) is 45.2 Å². The topological polar surface area (TPSA) is 76.5 Å². The zero-order chi connectivity index (χ0) is 21.6. The van der Waals surface area contributed by atoms with E-state index in [0.717, 1.165) is 15.8 Å². The van der Waals surface area contributed by atoms with Crippen LogP contribution in [-0.4, -0.2) is 58.1 Å². The minimum absolute atomic E-state index is 0.193. The number of hydrogen-bond donors (Lipinski definition) is 0. The Balaban J connectivity index is 1.54. The van der Waals surface area contributed by atoms with Gasteiger partial charge in [-0.2, -0.15) is 4.31 Å². The molecule has 3 aromatic rings. The molecule has 0 aliphatic carbocycles. The molecule has 0 unspecified atom stereocenters. The second-order valence-corrected chi connectivity index (χ2v) is 10.2. The maximum Gasteiger partial charge on any atom is 0.248 e. The van der Waals surface area contributed by atoms with E-state index in [0.29, 0.717) is 44.3 Å². The van der Waals surface area contributed by atoms with Crippen molar-refractivity contribution in [3.63, 3.8) is 0 Å². The van der Waals surface area contributed by atoms with Crippen LogP contribution in [0.4, 0.5) is 0 Å². The first-order valence-electron chi connectivity index (χ1n) is 10.1. The van der Waals surface area contributed by atoms with Crippen LogP contribution in [0.5, 0.6) is 0 Å². The van der Waals surface area contributed by atoms with E-state index in [1.807, 2.05) is 12.1 Å². The van der Waals surface area contributed by atoms with Crippen molar-refractivity contribution < 1.29 is 12.9 Å². The van der Waals surface area contributed by atoms with Crippen LogP contribution in [-0.2, 0) is 16.7 Å². The molecule has 1 aliphatic rings. The van der Waals surface area contributed by atoms with Gasteiger partial charge < -0.3 is 13.7 Å². The molecule has 0 saturated carbocycles. The summed E-state index contributed by atoms with van der Waals surface area (Å²) in [4.78, 5) is 2.44. The standard InChI is InChI=1S/C20H27N5O3S2/c1-14(2)25-18-8-6-5-7-17(18)24(20(25)29)13-22-9-11-23(12-10-22)30(26,27)19-15(3)21-28-16(19)4/h5-8,14H,9-13H2,1-4H3. The number of imidazole rings is 1. The van der Waals surface area contributed by atoms with Crippen LogP contribution in [0, 0.1) is 18.6 Å². The minimum Gasteiger partial charge on any atom is -0.360 e. The van der Waals surface area contributed by atoms with Crippen LogP contribution in [0.3, 0.4) is 0 Å². The van der Waals surface area contributed by atoms with Gasteiger partial charge in [-0.05, 0) is 52.0 Å². The molecular formula is C20H27N5O3S2. The fourth-order valence-corrected chi connectivity index (χ4v) is 6.33. The Labute approximate surface area is 181 Å². The highest BCUT2D eigenvalue weighted by Crippen LogP contribution is 2.25. The normalized spacial score (nSPS) is 16.7. The largest absolute Gasteiger partial charge is 0.360 e. The van der Waals surface area contributed by atoms with Crippen molar-refractivity contribution >= 4 is 33.3 Å². The Kier molecular flexibility index (Phi) is 5.60. The van der Waals surface area contributed by atoms with Crippen molar-refractivity contribution in [3.05, 3.63) is 40.5 Å². The van der Waals surface area contributed by atoms with Gasteiger partial charge in [-0.1, -0.05) is 17.3 Å². The summed E-state index contributed by atoms with van der Waals surface area (Å²) in [6, 6.07) is 8.49. The molecule has 1 fully saturated rings. The average Bonchev–Trinajstić information content (AvgIpc) is 3.19. The summed E-state index contributed by atoms with van der Waals surface area (Å²) in [6.07, 6.45) is 0. The molecular weight excluding hydrogens is 422 g/mol. The molecule has 4 rings (SSSR count). The van der Waals surface area contributed by atoms with E-state index in [1.165, 1.54) is 4.31 Å². The third kappa shape index (κ3) is 3.51. The van der Waals surface area contributed by atoms with Gasteiger partial charge in [0.05, 0.1) is 17.7 Å². The van der Waals surface area contributed by atoms with Gasteiger partial charge in [0.1, 0.15) is 10.6 Å². The summed E-state index contributed by atoms with van der Waals surface area (Å²) < 4.78 is 37.8. The van der Waals surface area contributed by atoms with Gasteiger partial charge in [0.15, 0.2) is 10.5 Å². The number of sulfonamides is 1. The molecule has 10 heteroatoms. The van der Waals surface area contributed by atoms with Crippen LogP contribution in [0.15, 0.2) is 33.7 Å². The van der Waals surface area contributed by atoms with Gasteiger partial charge in [0.2, 0.25) is 10.0 Å². The highest BCUT2D eigenvalue weighted by Gasteiger charge is 2.33. The Hall–Kier alpha value is -2.01. The number of aromatic nitrogens is 3. The first kappa shape index (κ1) is 21.2. The van der Waals surface area contributed by atoms with E-state index < -0.39 is 10.0 Å². The van der Waals surface area contributed by atoms with Crippen molar-refractivity contribution in [3.8, 4) is 0 Å². The second kappa shape index (κ2) is 7.92. The molecule has 0 spiro atoms. The minimum atomic E-state index is -3.61. The number of para-hydroxylation sites is 2. The first-order valence-corrected chi connectivity index (χ1v) is 11.9. The third-order valence-corrected chi connectivity index (χ3v) is 8.18. The Bertz CT molecular complexity index is 1210. The molecule has 1 saturated heterocycles. The quantitative estimate of drug-likeness (QED) is 0.556. The van der Waals surface area contributed by atoms with E-state index in [1.54, 1.807) is 13.8 Å². The van der Waals surface area contributed by atoms with E-state index in [-0.39, 0.29) is 10.9 Å². The lowest BCUT2D eigenvalue weighted by molar-refractivity contribution is 0.153. The lowest BCUT2D eigenvalue weighted by atomic mass is 10.3. The van der Waals surface area contributed by atoms with Gasteiger partial charge in [-0.15, -0.1) is 0 Å². The second-order valence-electron chi connectivity index (χ2n) is 7.98. The van der Waals surface area contributed by atoms with E-state index in [9.17, 15) is 8.42 Å². The smallest absolute Gasteiger partial charge is 0.248 e. The maximum absolute atomic E-state index is 13.0. The van der Waals surface area contributed by atoms with Crippen molar-refractivity contribution in [2.24, 2.45) is 0 Å². The molecule has 0 N–H and O–H groups in total. The number of hydrogen-bond acceptors (Lipinski definition) is 6. The predicted molar refractivity (Wildman–Crippen MR) is 117 cm³/mol. The summed E-state index contributed by atoms with van der Waals surface area (Å²) in [5.74, 6) is 0.336. The zero-order valence-electron chi connectivity index (χ0n) is 17.7. The lowest BCUT2D eigenvalue weighted by Crippen LogP contribution is -2.49. The molecule has 0 amide bonds. The van der Waals surface area contributed by atoms with E-state index >= 15 is 0 Å². The van der Waals surface area contributed by atoms with Crippen LogP contribution in [0.1, 0.15) is 31.3 Å². The monoisotopic (exact) mass is 449 g/mol. The highest BCUT2D eigenvalue weighted by molar-refractivity contribution is 7.89. The van der Waals surface area contributed by atoms with Crippen molar-refractivity contribution in [1.29, 1.82) is 0 Å². The van der Waals surface area contributed by atoms with Crippen molar-refractivity contribution in [1.82, 2.24) is 23.5 Å². The average molecular weight is 450 g/mol. The zero-order valence-corrected chi connectivity index (χ0v) is 19.3. The SMILES string of the molecule is Cc1noc(C)c1S(=O)(=O)N1CCN(Cn2c(=S)n(C(C)C)c3ccccc32)CC1. The van der Waals surface area contributed by atoms with Gasteiger partial charge in [0.25, 0.3) is 0 Å². The summed E-state index contributed by atoms with van der Waals surface area (Å²) in [6.45, 7) is 10.3. The molecule has 0 atom stereocenters. The Morgan fingerprint density at radius 3 is 2.30 bits per heavy atom. The first-order chi connectivity index (χ1) is 14.2. The fourth-order valence-electron chi connectivity index (χ4n) is 4.15. The van der Waals surface area contributed by atoms with Gasteiger partial charge in [0, 0.05) is 32.2 Å². The van der Waals surface area contributed by atoms with Gasteiger partial charge in [-0.25, -0.2) is 8.42 Å². The molecule has 1 aliphatic heterocycles. The highest BCUT2D eigenvalue weighted by atomic mass is 32.2. The van der Waals surface area contributed by atoms with Gasteiger partial charge in [-0.3, -0.25) is 4.90 Å². The maximum atomic E-state index is 13.0. The molecule has 0 radical (unpaired) electrons. The van der Waals surface area contributed by atoms with Crippen LogP contribution >= 0.6 is 12.2 Å². The van der Waals surface area contributed by atoms with Crippen molar-refractivity contribution in [2.45, 2.75) is 45.3 Å². The fraction of sp³-hybridized carbons (Fsp3) is 0.500. The molecule has 2 aromatic heterocycles. The molecule has 8 nitrogen and oxygen atoms in total. The molecule has 30 heavy (non-hydrogen) atoms. The van der Waals surface area contributed by atoms with Crippen molar-refractivity contribution in [2.75, 3.05) is 26.2 Å². The number of aryl methyl sites for hydroxylation is 2. The number of nitrogens with zero attached hydrogens (tertiary/aromatic N) is 5. The molecule has 0 bridgehead atoms. The summed E-state index contributed by atoms with van der Waals surface area (Å²) in [7, 11) is -3.61. The van der Waals surface area contributed by atoms with E-state index in [4.69, 9.17) is 16.7 Å². The summed E-state index contributed by atoms with van der Waals surface area (Å²) >= 11 is 5.78. The number of piperazine rings is 1. The third-order valence-electron chi connectivity index (χ3n) is 5.62. The summed E-state index contributed by atoms with van der Waals surface area (Å²) in [5.41, 5.74) is 2.63. The number of benzene rings is 1. The van der Waals surface area contributed by atoms with Crippen LogP contribution < -0.4 is 0 Å². The Morgan fingerprint density at radius 2 is 1.73 bits per heavy atom. The molecule has 162 valence electrons. The predicted octanol–water partition coefficient (Wildman–Crippen LogP) is 3.32. The lowest BCUT2D eigenvalue weighted by Gasteiger charge is -2.34. The molecule has 1 aromatic carbocycles. The van der Waals surface area contributed by atoms with Crippen LogP contribution in [0.25, 0.3) is 11.0 Å². The van der Waals surface area contributed by atoms with Gasteiger partial charge >= 0.3 is 0 Å². The Morgan fingerprint density at radius 1 is 1.10 bits per heavy atom.